The van der Waals surface area contributed by atoms with Gasteiger partial charge in [0.15, 0.2) is 0 Å². The number of imidazole rings is 1. The molecule has 0 aliphatic rings. The predicted molar refractivity (Wildman–Crippen MR) is 51.5 cm³/mol. The first-order valence-electron chi connectivity index (χ1n) is 4.29. The molecule has 0 aromatic carbocycles. The number of carbonyl (C=O) groups is 1. The standard InChI is InChI=1S/C10H10N2O2/c1-14-9-3-2-8-6-11-10(4-5-13)12(8)7-9/h2-3,5-7H,4H2,1H3. The minimum absolute atomic E-state index is 0.321. The normalized spacial score (nSPS) is 10.4. The quantitative estimate of drug-likeness (QED) is 0.680. The molecule has 2 rings (SSSR count). The first-order valence-corrected chi connectivity index (χ1v) is 4.29. The molecule has 2 aromatic rings. The van der Waals surface area contributed by atoms with Crippen molar-refractivity contribution in [2.24, 2.45) is 0 Å². The lowest BCUT2D eigenvalue weighted by Crippen LogP contribution is -1.96. The first-order chi connectivity index (χ1) is 6.85. The van der Waals surface area contributed by atoms with E-state index in [-0.39, 0.29) is 0 Å². The topological polar surface area (TPSA) is 43.6 Å². The van der Waals surface area contributed by atoms with Crippen LogP contribution in [-0.4, -0.2) is 22.8 Å². The summed E-state index contributed by atoms with van der Waals surface area (Å²) in [6.45, 7) is 0. The molecule has 0 saturated carbocycles. The van der Waals surface area contributed by atoms with Crippen LogP contribution in [0.4, 0.5) is 0 Å². The number of rotatable bonds is 3. The third-order valence-electron chi connectivity index (χ3n) is 2.08. The smallest absolute Gasteiger partial charge is 0.135 e. The van der Waals surface area contributed by atoms with Crippen molar-refractivity contribution in [3.05, 3.63) is 30.4 Å². The van der Waals surface area contributed by atoms with E-state index in [9.17, 15) is 4.79 Å². The highest BCUT2D eigenvalue weighted by molar-refractivity contribution is 5.56. The maximum Gasteiger partial charge on any atom is 0.135 e. The van der Waals surface area contributed by atoms with E-state index in [1.54, 1.807) is 13.3 Å². The van der Waals surface area contributed by atoms with E-state index in [1.165, 1.54) is 0 Å². The van der Waals surface area contributed by atoms with Gasteiger partial charge in [0, 0.05) is 0 Å². The molecule has 2 heterocycles. The third-order valence-corrected chi connectivity index (χ3v) is 2.08. The van der Waals surface area contributed by atoms with E-state index < -0.39 is 0 Å². The summed E-state index contributed by atoms with van der Waals surface area (Å²) < 4.78 is 6.94. The van der Waals surface area contributed by atoms with Gasteiger partial charge in [-0.05, 0) is 12.1 Å². The molecule has 4 nitrogen and oxygen atoms in total. The van der Waals surface area contributed by atoms with Crippen LogP contribution in [0.3, 0.4) is 0 Å². The lowest BCUT2D eigenvalue weighted by Gasteiger charge is -2.01. The van der Waals surface area contributed by atoms with Crippen LogP contribution in [0.15, 0.2) is 24.5 Å². The monoisotopic (exact) mass is 190 g/mol. The number of fused-ring (bicyclic) bond motifs is 1. The number of hydrogen-bond donors (Lipinski definition) is 0. The summed E-state index contributed by atoms with van der Waals surface area (Å²) in [4.78, 5) is 14.5. The molecule has 0 radical (unpaired) electrons. The fourth-order valence-corrected chi connectivity index (χ4v) is 1.37. The fraction of sp³-hybridized carbons (Fsp3) is 0.200. The van der Waals surface area contributed by atoms with E-state index in [0.29, 0.717) is 6.42 Å². The summed E-state index contributed by atoms with van der Waals surface area (Å²) in [5.74, 6) is 1.48. The van der Waals surface area contributed by atoms with Crippen LogP contribution in [-0.2, 0) is 11.2 Å². The number of ether oxygens (including phenoxy) is 1. The molecule has 0 saturated heterocycles. The van der Waals surface area contributed by atoms with Gasteiger partial charge in [0.1, 0.15) is 17.9 Å². The lowest BCUT2D eigenvalue weighted by molar-refractivity contribution is -0.107. The number of aldehydes is 1. The van der Waals surface area contributed by atoms with Gasteiger partial charge in [-0.2, -0.15) is 0 Å². The maximum atomic E-state index is 10.4. The average molecular weight is 190 g/mol. The van der Waals surface area contributed by atoms with Crippen LogP contribution >= 0.6 is 0 Å². The number of hydrogen-bond acceptors (Lipinski definition) is 3. The molecule has 14 heavy (non-hydrogen) atoms. The molecule has 0 unspecified atom stereocenters. The van der Waals surface area contributed by atoms with Gasteiger partial charge < -0.3 is 9.53 Å². The van der Waals surface area contributed by atoms with Crippen LogP contribution in [0.1, 0.15) is 5.82 Å². The summed E-state index contributed by atoms with van der Waals surface area (Å²) in [5, 5.41) is 0. The molecule has 0 N–H and O–H groups in total. The summed E-state index contributed by atoms with van der Waals surface area (Å²) in [7, 11) is 1.61. The van der Waals surface area contributed by atoms with Crippen molar-refractivity contribution in [3.8, 4) is 5.75 Å². The molecular formula is C10H10N2O2. The Morgan fingerprint density at radius 3 is 3.14 bits per heavy atom. The predicted octanol–water partition coefficient (Wildman–Crippen LogP) is 1.08. The Morgan fingerprint density at radius 1 is 1.57 bits per heavy atom. The molecule has 0 atom stereocenters. The zero-order chi connectivity index (χ0) is 9.97. The molecule has 0 bridgehead atoms. The zero-order valence-corrected chi connectivity index (χ0v) is 7.80. The fourth-order valence-electron chi connectivity index (χ4n) is 1.37. The van der Waals surface area contributed by atoms with Crippen LogP contribution in [0, 0.1) is 0 Å². The molecule has 0 aliphatic heterocycles. The Kier molecular flexibility index (Phi) is 2.18. The Labute approximate surface area is 81.1 Å². The third kappa shape index (κ3) is 1.35. The van der Waals surface area contributed by atoms with Gasteiger partial charge >= 0.3 is 0 Å². The van der Waals surface area contributed by atoms with Crippen LogP contribution in [0.25, 0.3) is 5.52 Å². The molecule has 0 spiro atoms. The van der Waals surface area contributed by atoms with Crippen molar-refractivity contribution in [2.75, 3.05) is 7.11 Å². The van der Waals surface area contributed by atoms with Crippen molar-refractivity contribution < 1.29 is 9.53 Å². The van der Waals surface area contributed by atoms with Crippen molar-refractivity contribution in [3.63, 3.8) is 0 Å². The molecule has 2 aromatic heterocycles. The molecular weight excluding hydrogens is 180 g/mol. The minimum atomic E-state index is 0.321. The summed E-state index contributed by atoms with van der Waals surface area (Å²) in [5.41, 5.74) is 0.961. The average Bonchev–Trinajstić information content (AvgIpc) is 2.61. The van der Waals surface area contributed by atoms with Gasteiger partial charge in [-0.25, -0.2) is 4.98 Å². The van der Waals surface area contributed by atoms with Gasteiger partial charge in [-0.15, -0.1) is 0 Å². The van der Waals surface area contributed by atoms with Crippen LogP contribution in [0.5, 0.6) is 5.75 Å². The van der Waals surface area contributed by atoms with Gasteiger partial charge in [0.2, 0.25) is 0 Å². The van der Waals surface area contributed by atoms with E-state index in [0.717, 1.165) is 23.4 Å². The second kappa shape index (κ2) is 3.49. The van der Waals surface area contributed by atoms with Crippen molar-refractivity contribution in [2.45, 2.75) is 6.42 Å². The van der Waals surface area contributed by atoms with Gasteiger partial charge in [-0.1, -0.05) is 0 Å². The summed E-state index contributed by atoms with van der Waals surface area (Å²) in [6.07, 6.45) is 4.72. The van der Waals surface area contributed by atoms with E-state index in [1.807, 2.05) is 22.7 Å². The number of pyridine rings is 1. The number of nitrogens with zero attached hydrogens (tertiary/aromatic N) is 2. The highest BCUT2D eigenvalue weighted by Crippen LogP contribution is 2.14. The largest absolute Gasteiger partial charge is 0.495 e. The van der Waals surface area contributed by atoms with Gasteiger partial charge in [-0.3, -0.25) is 4.40 Å². The minimum Gasteiger partial charge on any atom is -0.495 e. The van der Waals surface area contributed by atoms with Crippen LogP contribution in [0.2, 0.25) is 0 Å². The summed E-state index contributed by atoms with van der Waals surface area (Å²) >= 11 is 0. The molecule has 0 amide bonds. The van der Waals surface area contributed by atoms with E-state index >= 15 is 0 Å². The number of aromatic nitrogens is 2. The highest BCUT2D eigenvalue weighted by Gasteiger charge is 2.03. The van der Waals surface area contributed by atoms with Crippen molar-refractivity contribution in [1.82, 2.24) is 9.38 Å². The van der Waals surface area contributed by atoms with Crippen LogP contribution < -0.4 is 4.74 Å². The zero-order valence-electron chi connectivity index (χ0n) is 7.80. The van der Waals surface area contributed by atoms with E-state index in [4.69, 9.17) is 4.74 Å². The lowest BCUT2D eigenvalue weighted by atomic mass is 10.4. The number of carbonyl (C=O) groups excluding carboxylic acids is 1. The molecule has 72 valence electrons. The van der Waals surface area contributed by atoms with E-state index in [2.05, 4.69) is 4.98 Å². The SMILES string of the molecule is COc1ccc2cnc(CC=O)n2c1. The second-order valence-corrected chi connectivity index (χ2v) is 2.91. The van der Waals surface area contributed by atoms with Gasteiger partial charge in [0.25, 0.3) is 0 Å². The number of methoxy groups -OCH3 is 1. The highest BCUT2D eigenvalue weighted by atomic mass is 16.5. The Bertz CT molecular complexity index is 462. The molecule has 0 fully saturated rings. The van der Waals surface area contributed by atoms with Crippen molar-refractivity contribution >= 4 is 11.8 Å². The molecule has 4 heteroatoms. The Hall–Kier alpha value is -1.84. The second-order valence-electron chi connectivity index (χ2n) is 2.91. The maximum absolute atomic E-state index is 10.4. The van der Waals surface area contributed by atoms with Gasteiger partial charge in [0.05, 0.1) is 31.4 Å². The summed E-state index contributed by atoms with van der Waals surface area (Å²) in [6, 6.07) is 3.77. The Morgan fingerprint density at radius 2 is 2.43 bits per heavy atom. The molecule has 0 aliphatic carbocycles. The Balaban J connectivity index is 2.57. The first kappa shape index (κ1) is 8.74. The van der Waals surface area contributed by atoms with Crippen molar-refractivity contribution in [1.29, 1.82) is 0 Å².